The van der Waals surface area contributed by atoms with Gasteiger partial charge in [0.2, 0.25) is 0 Å². The normalized spacial score (nSPS) is 11.1. The first-order valence-corrected chi connectivity index (χ1v) is 6.44. The SMILES string of the molecule is COc1ccc(C(=O)Nc2cccc(C(F)(F)F)c2)cc1C. The minimum absolute atomic E-state index is 0.0910. The molecule has 2 aromatic carbocycles. The summed E-state index contributed by atoms with van der Waals surface area (Å²) in [6, 6.07) is 9.30. The fraction of sp³-hybridized carbons (Fsp3) is 0.188. The van der Waals surface area contributed by atoms with Gasteiger partial charge < -0.3 is 10.1 Å². The number of ether oxygens (including phenoxy) is 1. The molecule has 0 saturated carbocycles. The molecule has 0 saturated heterocycles. The number of carbonyl (C=O) groups is 1. The summed E-state index contributed by atoms with van der Waals surface area (Å²) in [6.07, 6.45) is -4.45. The zero-order valence-electron chi connectivity index (χ0n) is 12.0. The Labute approximate surface area is 125 Å². The number of halogens is 3. The molecule has 22 heavy (non-hydrogen) atoms. The minimum Gasteiger partial charge on any atom is -0.496 e. The third-order valence-corrected chi connectivity index (χ3v) is 3.10. The molecule has 0 atom stereocenters. The summed E-state index contributed by atoms with van der Waals surface area (Å²) < 4.78 is 43.0. The largest absolute Gasteiger partial charge is 0.496 e. The number of alkyl halides is 3. The van der Waals surface area contributed by atoms with Crippen molar-refractivity contribution in [3.63, 3.8) is 0 Å². The molecule has 0 aliphatic heterocycles. The monoisotopic (exact) mass is 309 g/mol. The van der Waals surface area contributed by atoms with Gasteiger partial charge in [0.25, 0.3) is 5.91 Å². The molecular weight excluding hydrogens is 295 g/mol. The topological polar surface area (TPSA) is 38.3 Å². The Morgan fingerprint density at radius 2 is 1.86 bits per heavy atom. The van der Waals surface area contributed by atoms with Crippen molar-refractivity contribution < 1.29 is 22.7 Å². The number of rotatable bonds is 3. The van der Waals surface area contributed by atoms with Crippen molar-refractivity contribution in [3.8, 4) is 5.75 Å². The van der Waals surface area contributed by atoms with Crippen LogP contribution >= 0.6 is 0 Å². The van der Waals surface area contributed by atoms with E-state index in [1.807, 2.05) is 0 Å². The van der Waals surface area contributed by atoms with Crippen LogP contribution in [0, 0.1) is 6.92 Å². The van der Waals surface area contributed by atoms with Crippen LogP contribution in [0.1, 0.15) is 21.5 Å². The zero-order chi connectivity index (χ0) is 16.3. The van der Waals surface area contributed by atoms with Crippen molar-refractivity contribution in [2.45, 2.75) is 13.1 Å². The molecule has 0 heterocycles. The van der Waals surface area contributed by atoms with Crippen LogP contribution in [0.15, 0.2) is 42.5 Å². The van der Waals surface area contributed by atoms with Gasteiger partial charge in [0, 0.05) is 11.3 Å². The van der Waals surface area contributed by atoms with Gasteiger partial charge in [-0.2, -0.15) is 13.2 Å². The van der Waals surface area contributed by atoms with Crippen molar-refractivity contribution >= 4 is 11.6 Å². The second kappa shape index (κ2) is 6.09. The molecule has 2 aromatic rings. The zero-order valence-corrected chi connectivity index (χ0v) is 12.0. The highest BCUT2D eigenvalue weighted by molar-refractivity contribution is 6.04. The van der Waals surface area contributed by atoms with Crippen LogP contribution < -0.4 is 10.1 Å². The van der Waals surface area contributed by atoms with Crippen molar-refractivity contribution in [1.29, 1.82) is 0 Å². The van der Waals surface area contributed by atoms with E-state index in [1.54, 1.807) is 25.1 Å². The van der Waals surface area contributed by atoms with Crippen LogP contribution in [0.4, 0.5) is 18.9 Å². The molecule has 1 N–H and O–H groups in total. The van der Waals surface area contributed by atoms with Crippen molar-refractivity contribution in [2.75, 3.05) is 12.4 Å². The van der Waals surface area contributed by atoms with Crippen LogP contribution in [-0.4, -0.2) is 13.0 Å². The summed E-state index contributed by atoms with van der Waals surface area (Å²) in [7, 11) is 1.52. The summed E-state index contributed by atoms with van der Waals surface area (Å²) in [6.45, 7) is 1.78. The average molecular weight is 309 g/mol. The molecule has 3 nitrogen and oxygen atoms in total. The Balaban J connectivity index is 2.20. The van der Waals surface area contributed by atoms with Gasteiger partial charge in [0.1, 0.15) is 5.75 Å². The number of carbonyl (C=O) groups excluding carboxylic acids is 1. The molecule has 116 valence electrons. The number of methoxy groups -OCH3 is 1. The van der Waals surface area contributed by atoms with Crippen LogP contribution in [0.25, 0.3) is 0 Å². The van der Waals surface area contributed by atoms with Crippen molar-refractivity contribution in [3.05, 3.63) is 59.2 Å². The van der Waals surface area contributed by atoms with Crippen molar-refractivity contribution in [1.82, 2.24) is 0 Å². The van der Waals surface area contributed by atoms with Gasteiger partial charge in [0.15, 0.2) is 0 Å². The van der Waals surface area contributed by atoms with E-state index in [2.05, 4.69) is 5.32 Å². The quantitative estimate of drug-likeness (QED) is 0.919. The average Bonchev–Trinajstić information content (AvgIpc) is 2.46. The summed E-state index contributed by atoms with van der Waals surface area (Å²) in [5, 5.41) is 2.46. The van der Waals surface area contributed by atoms with Gasteiger partial charge in [-0.05, 0) is 48.9 Å². The standard InChI is InChI=1S/C16H14F3NO2/c1-10-8-11(6-7-14(10)22-2)15(21)20-13-5-3-4-12(9-13)16(17,18)19/h3-9H,1-2H3,(H,20,21). The highest BCUT2D eigenvalue weighted by Gasteiger charge is 2.30. The highest BCUT2D eigenvalue weighted by atomic mass is 19.4. The highest BCUT2D eigenvalue weighted by Crippen LogP contribution is 2.30. The molecule has 0 spiro atoms. The summed E-state index contributed by atoms with van der Waals surface area (Å²) in [4.78, 5) is 12.1. The Kier molecular flexibility index (Phi) is 4.40. The predicted molar refractivity (Wildman–Crippen MR) is 77.1 cm³/mol. The second-order valence-electron chi connectivity index (χ2n) is 4.72. The first-order chi connectivity index (χ1) is 10.3. The van der Waals surface area contributed by atoms with Crippen molar-refractivity contribution in [2.24, 2.45) is 0 Å². The number of amides is 1. The molecule has 0 fully saturated rings. The lowest BCUT2D eigenvalue weighted by Crippen LogP contribution is -2.13. The van der Waals surface area contributed by atoms with Crippen LogP contribution in [0.3, 0.4) is 0 Å². The van der Waals surface area contributed by atoms with Gasteiger partial charge in [-0.1, -0.05) is 6.07 Å². The lowest BCUT2D eigenvalue weighted by molar-refractivity contribution is -0.137. The Morgan fingerprint density at radius 3 is 2.45 bits per heavy atom. The molecule has 0 bridgehead atoms. The molecule has 6 heteroatoms. The molecule has 0 aliphatic carbocycles. The molecule has 0 aliphatic rings. The number of hydrogen-bond acceptors (Lipinski definition) is 2. The van der Waals surface area contributed by atoms with E-state index in [-0.39, 0.29) is 5.69 Å². The predicted octanol–water partition coefficient (Wildman–Crippen LogP) is 4.27. The van der Waals surface area contributed by atoms with Gasteiger partial charge >= 0.3 is 6.18 Å². The van der Waals surface area contributed by atoms with E-state index in [0.717, 1.165) is 17.7 Å². The number of benzene rings is 2. The smallest absolute Gasteiger partial charge is 0.416 e. The fourth-order valence-electron chi connectivity index (χ4n) is 2.00. The summed E-state index contributed by atoms with van der Waals surface area (Å²) in [5.41, 5.74) is 0.388. The summed E-state index contributed by atoms with van der Waals surface area (Å²) in [5.74, 6) is 0.153. The molecule has 2 rings (SSSR count). The van der Waals surface area contributed by atoms with E-state index in [0.29, 0.717) is 11.3 Å². The summed E-state index contributed by atoms with van der Waals surface area (Å²) >= 11 is 0. The Morgan fingerprint density at radius 1 is 1.14 bits per heavy atom. The van der Waals surface area contributed by atoms with E-state index < -0.39 is 17.6 Å². The number of aryl methyl sites for hydroxylation is 1. The third-order valence-electron chi connectivity index (χ3n) is 3.10. The maximum Gasteiger partial charge on any atom is 0.416 e. The first kappa shape index (κ1) is 15.9. The molecule has 0 unspecified atom stereocenters. The number of hydrogen-bond donors (Lipinski definition) is 1. The van der Waals surface area contributed by atoms with Gasteiger partial charge in [-0.15, -0.1) is 0 Å². The molecule has 0 radical (unpaired) electrons. The van der Waals surface area contributed by atoms with Crippen LogP contribution in [-0.2, 0) is 6.18 Å². The molecular formula is C16H14F3NO2. The lowest BCUT2D eigenvalue weighted by Gasteiger charge is -2.11. The Hall–Kier alpha value is -2.50. The Bertz CT molecular complexity index is 696. The van der Waals surface area contributed by atoms with E-state index in [4.69, 9.17) is 4.74 Å². The maximum atomic E-state index is 12.6. The lowest BCUT2D eigenvalue weighted by atomic mass is 10.1. The third kappa shape index (κ3) is 3.58. The molecule has 0 aromatic heterocycles. The van der Waals surface area contributed by atoms with Crippen LogP contribution in [0.2, 0.25) is 0 Å². The van der Waals surface area contributed by atoms with E-state index >= 15 is 0 Å². The number of anilines is 1. The maximum absolute atomic E-state index is 12.6. The second-order valence-corrected chi connectivity index (χ2v) is 4.72. The van der Waals surface area contributed by atoms with Gasteiger partial charge in [0.05, 0.1) is 12.7 Å². The van der Waals surface area contributed by atoms with Crippen LogP contribution in [0.5, 0.6) is 5.75 Å². The number of nitrogens with one attached hydrogen (secondary N) is 1. The van der Waals surface area contributed by atoms with Gasteiger partial charge in [-0.3, -0.25) is 4.79 Å². The first-order valence-electron chi connectivity index (χ1n) is 6.44. The fourth-order valence-corrected chi connectivity index (χ4v) is 2.00. The van der Waals surface area contributed by atoms with Gasteiger partial charge in [-0.25, -0.2) is 0 Å². The molecule has 1 amide bonds. The van der Waals surface area contributed by atoms with E-state index in [9.17, 15) is 18.0 Å². The van der Waals surface area contributed by atoms with E-state index in [1.165, 1.54) is 19.2 Å². The minimum atomic E-state index is -4.45.